The van der Waals surface area contributed by atoms with Crippen molar-refractivity contribution < 1.29 is 19.1 Å². The number of carbonyl (C=O) groups is 2. The van der Waals surface area contributed by atoms with Crippen LogP contribution >= 0.6 is 0 Å². The van der Waals surface area contributed by atoms with E-state index < -0.39 is 5.97 Å². The van der Waals surface area contributed by atoms with E-state index >= 15 is 0 Å². The smallest absolute Gasteiger partial charge is 0.339 e. The largest absolute Gasteiger partial charge is 0.497 e. The molecule has 1 N–H and O–H groups in total. The molecule has 0 aromatic heterocycles. The van der Waals surface area contributed by atoms with Crippen molar-refractivity contribution in [3.63, 3.8) is 0 Å². The van der Waals surface area contributed by atoms with Gasteiger partial charge in [-0.05, 0) is 34.9 Å². The summed E-state index contributed by atoms with van der Waals surface area (Å²) in [5, 5.41) is 2.73. The zero-order valence-electron chi connectivity index (χ0n) is 15.6. The number of benzene rings is 3. The van der Waals surface area contributed by atoms with Crippen LogP contribution in [0.3, 0.4) is 0 Å². The molecule has 0 bridgehead atoms. The predicted octanol–water partition coefficient (Wildman–Crippen LogP) is 3.84. The molecule has 0 atom stereocenters. The highest BCUT2D eigenvalue weighted by atomic mass is 16.5. The first-order chi connectivity index (χ1) is 13.7. The first-order valence-corrected chi connectivity index (χ1v) is 8.88. The van der Waals surface area contributed by atoms with Gasteiger partial charge in [0.2, 0.25) is 0 Å². The molecular formula is C23H21NO4. The quantitative estimate of drug-likeness (QED) is 0.638. The fourth-order valence-electron chi connectivity index (χ4n) is 2.73. The zero-order valence-corrected chi connectivity index (χ0v) is 15.6. The standard InChI is InChI=1S/C23H21NO4/c1-27-19-13-11-17(12-14-19)15-24-22(25)16-28-23(26)21-10-6-5-9-20(21)18-7-3-2-4-8-18/h2-14H,15-16H2,1H3,(H,24,25). The molecule has 5 heteroatoms. The summed E-state index contributed by atoms with van der Waals surface area (Å²) in [7, 11) is 1.60. The van der Waals surface area contributed by atoms with E-state index in [1.54, 1.807) is 19.2 Å². The molecule has 0 saturated carbocycles. The molecule has 0 aliphatic rings. The second-order valence-corrected chi connectivity index (χ2v) is 6.11. The van der Waals surface area contributed by atoms with Gasteiger partial charge in [0.05, 0.1) is 12.7 Å². The summed E-state index contributed by atoms with van der Waals surface area (Å²) in [6, 6.07) is 24.1. The van der Waals surface area contributed by atoms with Crippen LogP contribution < -0.4 is 10.1 Å². The minimum atomic E-state index is -0.529. The van der Waals surface area contributed by atoms with Gasteiger partial charge >= 0.3 is 5.97 Å². The average Bonchev–Trinajstić information content (AvgIpc) is 2.77. The molecule has 28 heavy (non-hydrogen) atoms. The van der Waals surface area contributed by atoms with E-state index in [2.05, 4.69) is 5.32 Å². The molecule has 0 spiro atoms. The maximum atomic E-state index is 12.5. The molecule has 0 fully saturated rings. The Morgan fingerprint density at radius 3 is 2.25 bits per heavy atom. The minimum Gasteiger partial charge on any atom is -0.497 e. The lowest BCUT2D eigenvalue weighted by Crippen LogP contribution is -2.28. The van der Waals surface area contributed by atoms with Crippen molar-refractivity contribution in [3.05, 3.63) is 90.0 Å². The number of amides is 1. The number of carbonyl (C=O) groups excluding carboxylic acids is 2. The van der Waals surface area contributed by atoms with Crippen LogP contribution in [0.1, 0.15) is 15.9 Å². The Kier molecular flexibility index (Phi) is 6.41. The number of hydrogen-bond donors (Lipinski definition) is 1. The van der Waals surface area contributed by atoms with Crippen LogP contribution in [0.25, 0.3) is 11.1 Å². The van der Waals surface area contributed by atoms with Gasteiger partial charge in [0.15, 0.2) is 6.61 Å². The van der Waals surface area contributed by atoms with Gasteiger partial charge in [0.25, 0.3) is 5.91 Å². The molecule has 3 rings (SSSR count). The summed E-state index contributed by atoms with van der Waals surface area (Å²) in [6.07, 6.45) is 0. The lowest BCUT2D eigenvalue weighted by atomic mass is 10.00. The molecular weight excluding hydrogens is 354 g/mol. The predicted molar refractivity (Wildman–Crippen MR) is 107 cm³/mol. The third-order valence-corrected chi connectivity index (χ3v) is 4.21. The van der Waals surface area contributed by atoms with Crippen LogP contribution in [-0.2, 0) is 16.1 Å². The summed E-state index contributed by atoms with van der Waals surface area (Å²) in [4.78, 5) is 24.5. The first-order valence-electron chi connectivity index (χ1n) is 8.88. The van der Waals surface area contributed by atoms with E-state index in [9.17, 15) is 9.59 Å². The van der Waals surface area contributed by atoms with Crippen molar-refractivity contribution >= 4 is 11.9 Å². The number of nitrogens with one attached hydrogen (secondary N) is 1. The molecule has 142 valence electrons. The number of hydrogen-bond acceptors (Lipinski definition) is 4. The second kappa shape index (κ2) is 9.37. The third-order valence-electron chi connectivity index (χ3n) is 4.21. The van der Waals surface area contributed by atoms with Gasteiger partial charge in [-0.2, -0.15) is 0 Å². The van der Waals surface area contributed by atoms with E-state index in [1.807, 2.05) is 66.7 Å². The molecule has 0 unspecified atom stereocenters. The van der Waals surface area contributed by atoms with Crippen LogP contribution in [-0.4, -0.2) is 25.6 Å². The molecule has 0 heterocycles. The Balaban J connectivity index is 1.56. The topological polar surface area (TPSA) is 64.6 Å². The molecule has 3 aromatic carbocycles. The average molecular weight is 375 g/mol. The van der Waals surface area contributed by atoms with Crippen LogP contribution in [0.15, 0.2) is 78.9 Å². The number of rotatable bonds is 7. The SMILES string of the molecule is COc1ccc(CNC(=O)COC(=O)c2ccccc2-c2ccccc2)cc1. The van der Waals surface area contributed by atoms with Gasteiger partial charge in [-0.15, -0.1) is 0 Å². The Morgan fingerprint density at radius 2 is 1.54 bits per heavy atom. The van der Waals surface area contributed by atoms with Crippen molar-refractivity contribution in [1.29, 1.82) is 0 Å². The fraction of sp³-hybridized carbons (Fsp3) is 0.130. The molecule has 5 nitrogen and oxygen atoms in total. The van der Waals surface area contributed by atoms with E-state index in [4.69, 9.17) is 9.47 Å². The Morgan fingerprint density at radius 1 is 0.857 bits per heavy atom. The zero-order chi connectivity index (χ0) is 19.8. The van der Waals surface area contributed by atoms with Crippen molar-refractivity contribution in [3.8, 4) is 16.9 Å². The first kappa shape index (κ1) is 19.2. The summed E-state index contributed by atoms with van der Waals surface area (Å²) in [5.74, 6) is -0.138. The maximum Gasteiger partial charge on any atom is 0.339 e. The highest BCUT2D eigenvalue weighted by molar-refractivity contribution is 5.98. The number of ether oxygens (including phenoxy) is 2. The summed E-state index contributed by atoms with van der Waals surface area (Å²) in [5.41, 5.74) is 3.04. The van der Waals surface area contributed by atoms with E-state index in [1.165, 1.54) is 0 Å². The minimum absolute atomic E-state index is 0.335. The molecule has 0 radical (unpaired) electrons. The summed E-state index contributed by atoms with van der Waals surface area (Å²) in [6.45, 7) is 0.0130. The summed E-state index contributed by atoms with van der Waals surface area (Å²) >= 11 is 0. The Labute approximate surface area is 163 Å². The van der Waals surface area contributed by atoms with Crippen LogP contribution in [0.5, 0.6) is 5.75 Å². The fourth-order valence-corrected chi connectivity index (χ4v) is 2.73. The lowest BCUT2D eigenvalue weighted by Gasteiger charge is -2.10. The van der Waals surface area contributed by atoms with Gasteiger partial charge in [0.1, 0.15) is 5.75 Å². The van der Waals surface area contributed by atoms with Crippen LogP contribution in [0, 0.1) is 0 Å². The highest BCUT2D eigenvalue weighted by Gasteiger charge is 2.15. The van der Waals surface area contributed by atoms with Crippen LogP contribution in [0.2, 0.25) is 0 Å². The number of methoxy groups -OCH3 is 1. The van der Waals surface area contributed by atoms with Gasteiger partial charge < -0.3 is 14.8 Å². The molecule has 0 saturated heterocycles. The molecule has 0 aliphatic carbocycles. The normalized spacial score (nSPS) is 10.2. The number of esters is 1. The van der Waals surface area contributed by atoms with Gasteiger partial charge in [-0.3, -0.25) is 4.79 Å². The van der Waals surface area contributed by atoms with Crippen molar-refractivity contribution in [2.45, 2.75) is 6.54 Å². The Bertz CT molecular complexity index is 936. The highest BCUT2D eigenvalue weighted by Crippen LogP contribution is 2.23. The van der Waals surface area contributed by atoms with E-state index in [0.717, 1.165) is 22.4 Å². The lowest BCUT2D eigenvalue weighted by molar-refractivity contribution is -0.124. The van der Waals surface area contributed by atoms with Gasteiger partial charge in [-0.25, -0.2) is 4.79 Å². The van der Waals surface area contributed by atoms with Gasteiger partial charge in [0, 0.05) is 6.54 Å². The molecule has 0 aliphatic heterocycles. The van der Waals surface area contributed by atoms with Crippen molar-refractivity contribution in [1.82, 2.24) is 5.32 Å². The molecule has 3 aromatic rings. The monoisotopic (exact) mass is 375 g/mol. The Hall–Kier alpha value is -3.60. The maximum absolute atomic E-state index is 12.5. The second-order valence-electron chi connectivity index (χ2n) is 6.11. The third kappa shape index (κ3) is 4.98. The van der Waals surface area contributed by atoms with Crippen molar-refractivity contribution in [2.24, 2.45) is 0 Å². The summed E-state index contributed by atoms with van der Waals surface area (Å²) < 4.78 is 10.3. The van der Waals surface area contributed by atoms with Gasteiger partial charge in [-0.1, -0.05) is 60.7 Å². The molecule has 1 amide bonds. The van der Waals surface area contributed by atoms with Crippen molar-refractivity contribution in [2.75, 3.05) is 13.7 Å². The van der Waals surface area contributed by atoms with E-state index in [0.29, 0.717) is 12.1 Å². The van der Waals surface area contributed by atoms with E-state index in [-0.39, 0.29) is 12.5 Å². The van der Waals surface area contributed by atoms with Crippen LogP contribution in [0.4, 0.5) is 0 Å².